The van der Waals surface area contributed by atoms with Crippen LogP contribution in [0.2, 0.25) is 0 Å². The van der Waals surface area contributed by atoms with Gasteiger partial charge in [-0.3, -0.25) is 9.89 Å². The molecule has 21 heavy (non-hydrogen) atoms. The highest BCUT2D eigenvalue weighted by Crippen LogP contribution is 2.14. The fourth-order valence-electron chi connectivity index (χ4n) is 2.07. The third-order valence-electron chi connectivity index (χ3n) is 3.15. The lowest BCUT2D eigenvalue weighted by molar-refractivity contribution is 0.0794. The molecule has 1 aromatic heterocycles. The van der Waals surface area contributed by atoms with Crippen molar-refractivity contribution in [2.45, 2.75) is 6.61 Å². The van der Waals surface area contributed by atoms with Gasteiger partial charge in [0.15, 0.2) is 5.69 Å². The van der Waals surface area contributed by atoms with Crippen LogP contribution in [0.3, 0.4) is 0 Å². The molecular weight excluding hydrogens is 273 g/mol. The molecule has 0 aliphatic carbocycles. The molecule has 3 rings (SSSR count). The molecule has 0 saturated carbocycles. The Hall–Kier alpha value is -2.63. The highest BCUT2D eigenvalue weighted by Gasteiger charge is 2.19. The van der Waals surface area contributed by atoms with E-state index in [1.807, 2.05) is 12.2 Å². The van der Waals surface area contributed by atoms with Gasteiger partial charge in [-0.2, -0.15) is 5.10 Å². The first kappa shape index (κ1) is 13.4. The summed E-state index contributed by atoms with van der Waals surface area (Å²) in [6.45, 7) is 1.42. The van der Waals surface area contributed by atoms with E-state index in [0.717, 1.165) is 0 Å². The number of ether oxygens (including phenoxy) is 1. The molecule has 2 heterocycles. The van der Waals surface area contributed by atoms with E-state index in [0.29, 0.717) is 30.2 Å². The Morgan fingerprint density at radius 3 is 2.90 bits per heavy atom. The second-order valence-corrected chi connectivity index (χ2v) is 4.71. The predicted molar refractivity (Wildman–Crippen MR) is 74.4 cm³/mol. The van der Waals surface area contributed by atoms with Gasteiger partial charge in [-0.25, -0.2) is 4.39 Å². The average Bonchev–Trinajstić information content (AvgIpc) is 3.16. The second kappa shape index (κ2) is 5.78. The number of aromatic nitrogens is 2. The number of nitrogens with one attached hydrogen (secondary N) is 1. The van der Waals surface area contributed by atoms with Crippen molar-refractivity contribution in [3.8, 4) is 5.75 Å². The summed E-state index contributed by atoms with van der Waals surface area (Å²) in [6, 6.07) is 7.55. The molecular formula is C15H14FN3O2. The van der Waals surface area contributed by atoms with Gasteiger partial charge in [-0.05, 0) is 18.2 Å². The number of aromatic amines is 1. The van der Waals surface area contributed by atoms with Crippen LogP contribution in [0.15, 0.2) is 42.5 Å². The maximum absolute atomic E-state index is 13.0. The molecule has 108 valence electrons. The van der Waals surface area contributed by atoms with E-state index in [1.165, 1.54) is 12.1 Å². The molecule has 0 radical (unpaired) electrons. The van der Waals surface area contributed by atoms with Gasteiger partial charge in [0.05, 0.1) is 5.69 Å². The maximum Gasteiger partial charge on any atom is 0.274 e. The van der Waals surface area contributed by atoms with Gasteiger partial charge in [-0.15, -0.1) is 0 Å². The molecule has 0 unspecified atom stereocenters. The van der Waals surface area contributed by atoms with E-state index in [1.54, 1.807) is 23.1 Å². The lowest BCUT2D eigenvalue weighted by Gasteiger charge is -2.12. The van der Waals surface area contributed by atoms with E-state index in [-0.39, 0.29) is 18.3 Å². The van der Waals surface area contributed by atoms with Crippen LogP contribution >= 0.6 is 0 Å². The Labute approximate surface area is 121 Å². The first-order chi connectivity index (χ1) is 10.2. The van der Waals surface area contributed by atoms with Gasteiger partial charge in [0.25, 0.3) is 5.91 Å². The minimum Gasteiger partial charge on any atom is -0.487 e. The fourth-order valence-corrected chi connectivity index (χ4v) is 2.07. The summed E-state index contributed by atoms with van der Waals surface area (Å²) < 4.78 is 18.5. The number of hydrogen-bond donors (Lipinski definition) is 1. The van der Waals surface area contributed by atoms with E-state index in [2.05, 4.69) is 10.2 Å². The quantitative estimate of drug-likeness (QED) is 0.876. The highest BCUT2D eigenvalue weighted by atomic mass is 19.1. The smallest absolute Gasteiger partial charge is 0.274 e. The molecule has 1 amide bonds. The van der Waals surface area contributed by atoms with Gasteiger partial charge >= 0.3 is 0 Å². The van der Waals surface area contributed by atoms with Crippen molar-refractivity contribution < 1.29 is 13.9 Å². The number of rotatable bonds is 4. The first-order valence-electron chi connectivity index (χ1n) is 6.59. The molecule has 2 aromatic rings. The summed E-state index contributed by atoms with van der Waals surface area (Å²) in [5.41, 5.74) is 1.02. The molecule has 0 bridgehead atoms. The van der Waals surface area contributed by atoms with E-state index in [4.69, 9.17) is 4.74 Å². The molecule has 0 spiro atoms. The van der Waals surface area contributed by atoms with Crippen molar-refractivity contribution >= 4 is 5.91 Å². The monoisotopic (exact) mass is 287 g/mol. The van der Waals surface area contributed by atoms with E-state index >= 15 is 0 Å². The summed E-state index contributed by atoms with van der Waals surface area (Å²) in [5.74, 6) is -0.0380. The molecule has 1 aromatic carbocycles. The Balaban J connectivity index is 1.61. The Morgan fingerprint density at radius 2 is 2.14 bits per heavy atom. The van der Waals surface area contributed by atoms with Crippen molar-refractivity contribution in [2.75, 3.05) is 13.1 Å². The summed E-state index contributed by atoms with van der Waals surface area (Å²) in [6.07, 6.45) is 3.89. The third kappa shape index (κ3) is 3.10. The van der Waals surface area contributed by atoms with Gasteiger partial charge in [0.1, 0.15) is 18.2 Å². The van der Waals surface area contributed by atoms with E-state index in [9.17, 15) is 9.18 Å². The number of benzene rings is 1. The second-order valence-electron chi connectivity index (χ2n) is 4.71. The number of hydrogen-bond acceptors (Lipinski definition) is 3. The number of carbonyl (C=O) groups excluding carboxylic acids is 1. The van der Waals surface area contributed by atoms with Crippen LogP contribution in [-0.4, -0.2) is 34.1 Å². The number of carbonyl (C=O) groups is 1. The minimum atomic E-state index is -0.352. The van der Waals surface area contributed by atoms with Crippen molar-refractivity contribution in [2.24, 2.45) is 0 Å². The zero-order chi connectivity index (χ0) is 14.7. The summed E-state index contributed by atoms with van der Waals surface area (Å²) in [4.78, 5) is 13.8. The lowest BCUT2D eigenvalue weighted by atomic mass is 10.3. The minimum absolute atomic E-state index is 0.117. The number of nitrogens with zero attached hydrogens (tertiary/aromatic N) is 2. The first-order valence-corrected chi connectivity index (χ1v) is 6.59. The van der Waals surface area contributed by atoms with Crippen LogP contribution in [0.5, 0.6) is 5.75 Å². The van der Waals surface area contributed by atoms with Crippen molar-refractivity contribution in [1.29, 1.82) is 0 Å². The molecule has 1 N–H and O–H groups in total. The van der Waals surface area contributed by atoms with Crippen LogP contribution in [-0.2, 0) is 6.61 Å². The van der Waals surface area contributed by atoms with Crippen LogP contribution in [0.25, 0.3) is 0 Å². The molecule has 0 fully saturated rings. The highest BCUT2D eigenvalue weighted by molar-refractivity contribution is 5.92. The average molecular weight is 287 g/mol. The van der Waals surface area contributed by atoms with Crippen LogP contribution in [0.4, 0.5) is 4.39 Å². The predicted octanol–water partition coefficient (Wildman–Crippen LogP) is 2.14. The SMILES string of the molecule is O=C(c1cc(COc2cccc(F)c2)[nH]n1)N1CC=CC1. The number of H-pyrrole nitrogens is 1. The van der Waals surface area contributed by atoms with Gasteiger partial charge in [0, 0.05) is 19.2 Å². The standard InChI is InChI=1S/C15H14FN3O2/c16-11-4-3-5-13(8-11)21-10-12-9-14(18-17-12)15(20)19-6-1-2-7-19/h1-5,8-9H,6-7,10H2,(H,17,18). The number of amides is 1. The van der Waals surface area contributed by atoms with Gasteiger partial charge < -0.3 is 9.64 Å². The van der Waals surface area contributed by atoms with Gasteiger partial charge in [-0.1, -0.05) is 18.2 Å². The summed E-state index contributed by atoms with van der Waals surface area (Å²) >= 11 is 0. The van der Waals surface area contributed by atoms with Crippen LogP contribution in [0.1, 0.15) is 16.2 Å². The molecule has 5 nitrogen and oxygen atoms in total. The van der Waals surface area contributed by atoms with Crippen LogP contribution in [0, 0.1) is 5.82 Å². The largest absolute Gasteiger partial charge is 0.487 e. The zero-order valence-corrected chi connectivity index (χ0v) is 11.3. The Bertz CT molecular complexity index is 673. The Morgan fingerprint density at radius 1 is 1.33 bits per heavy atom. The number of halogens is 1. The van der Waals surface area contributed by atoms with E-state index < -0.39 is 0 Å². The zero-order valence-electron chi connectivity index (χ0n) is 11.3. The Kier molecular flexibility index (Phi) is 3.68. The van der Waals surface area contributed by atoms with Crippen molar-refractivity contribution in [3.63, 3.8) is 0 Å². The molecule has 0 atom stereocenters. The van der Waals surface area contributed by atoms with Gasteiger partial charge in [0.2, 0.25) is 0 Å². The topological polar surface area (TPSA) is 58.2 Å². The molecule has 1 aliphatic rings. The molecule has 6 heteroatoms. The molecule has 1 aliphatic heterocycles. The van der Waals surface area contributed by atoms with Crippen LogP contribution < -0.4 is 4.74 Å². The maximum atomic E-state index is 13.0. The van der Waals surface area contributed by atoms with Crippen molar-refractivity contribution in [3.05, 3.63) is 59.7 Å². The summed E-state index contributed by atoms with van der Waals surface area (Å²) in [7, 11) is 0. The lowest BCUT2D eigenvalue weighted by Crippen LogP contribution is -2.28. The molecule has 0 saturated heterocycles. The normalized spacial score (nSPS) is 13.7. The van der Waals surface area contributed by atoms with Crippen molar-refractivity contribution in [1.82, 2.24) is 15.1 Å². The third-order valence-corrected chi connectivity index (χ3v) is 3.15. The fraction of sp³-hybridized carbons (Fsp3) is 0.200. The summed E-state index contributed by atoms with van der Waals surface area (Å²) in [5, 5.41) is 6.75.